The molecule has 3 heterocycles. The Labute approximate surface area is 197 Å². The van der Waals surface area contributed by atoms with Gasteiger partial charge in [0.2, 0.25) is 6.29 Å². The van der Waals surface area contributed by atoms with Gasteiger partial charge < -0.3 is 35.2 Å². The van der Waals surface area contributed by atoms with E-state index in [1.165, 1.54) is 10.9 Å². The number of hydrogen-bond donors (Lipinski definition) is 6. The molecule has 184 valence electrons. The number of hydrogen-bond acceptors (Lipinski definition) is 12. The number of ketones is 1. The topological polar surface area (TPSA) is 250 Å². The number of aliphatic hydroxyl groups excluding tert-OH is 1. The molecule has 33 heavy (non-hydrogen) atoms. The number of phosphoric acid groups is 2. The molecule has 1 aliphatic rings. The number of Topliss-reactive ketones (excluding diaryl/α,β-unsaturated/α-hetero) is 1. The average molecular weight is 594 g/mol. The lowest BCUT2D eigenvalue weighted by Crippen LogP contribution is -2.37. The molecule has 0 bridgehead atoms. The van der Waals surface area contributed by atoms with Gasteiger partial charge in [-0.3, -0.25) is 18.4 Å². The fraction of sp³-hybridized carbons (Fsp3) is 0.538. The number of nitrogens with two attached hydrogens (primary N) is 1. The number of imidazole rings is 1. The highest BCUT2D eigenvalue weighted by Crippen LogP contribution is 2.47. The lowest BCUT2D eigenvalue weighted by Gasteiger charge is -2.25. The second-order valence-electron chi connectivity index (χ2n) is 6.60. The van der Waals surface area contributed by atoms with Crippen LogP contribution in [-0.4, -0.2) is 79.6 Å². The highest BCUT2D eigenvalue weighted by atomic mass is 79.9. The van der Waals surface area contributed by atoms with Crippen LogP contribution < -0.4 is 5.73 Å². The zero-order chi connectivity index (χ0) is 24.6. The summed E-state index contributed by atoms with van der Waals surface area (Å²) in [6.07, 6.45) is -5.53. The first-order valence-corrected chi connectivity index (χ1v) is 14.0. The van der Waals surface area contributed by atoms with E-state index in [0.717, 1.165) is 11.8 Å². The summed E-state index contributed by atoms with van der Waals surface area (Å²) in [5.41, 5.74) is 6.26. The van der Waals surface area contributed by atoms with E-state index in [1.54, 1.807) is 0 Å². The minimum absolute atomic E-state index is 0.00942. The quantitative estimate of drug-likeness (QED) is 0.0676. The van der Waals surface area contributed by atoms with Crippen molar-refractivity contribution in [1.82, 2.24) is 19.5 Å². The molecule has 1 fully saturated rings. The number of nitrogen functional groups attached to an aromatic ring is 1. The molecule has 0 spiro atoms. The van der Waals surface area contributed by atoms with Crippen molar-refractivity contribution in [3.63, 3.8) is 0 Å². The largest absolute Gasteiger partial charge is 0.472 e. The van der Waals surface area contributed by atoms with Crippen LogP contribution in [0.5, 0.6) is 0 Å². The molecular weight excluding hydrogens is 576 g/mol. The second-order valence-corrected chi connectivity index (χ2v) is 10.5. The third kappa shape index (κ3) is 7.00. The zero-order valence-corrected chi connectivity index (χ0v) is 20.4. The van der Waals surface area contributed by atoms with Gasteiger partial charge >= 0.3 is 15.6 Å². The Bertz CT molecular complexity index is 1100. The van der Waals surface area contributed by atoms with Gasteiger partial charge in [-0.05, 0) is 0 Å². The van der Waals surface area contributed by atoms with Crippen LogP contribution in [0.3, 0.4) is 0 Å². The molecule has 1 aliphatic heterocycles. The minimum atomic E-state index is -5.29. The number of fused-ring (bicyclic) bond motifs is 1. The Balaban J connectivity index is 1.88. The predicted octanol–water partition coefficient (Wildman–Crippen LogP) is -0.342. The van der Waals surface area contributed by atoms with E-state index in [-0.39, 0.29) is 45.4 Å². The number of carbonyl (C=O) groups excluding carboxylic acids is 1. The van der Waals surface area contributed by atoms with Gasteiger partial charge in [-0.2, -0.15) is 0 Å². The van der Waals surface area contributed by atoms with Crippen molar-refractivity contribution in [2.24, 2.45) is 0 Å². The van der Waals surface area contributed by atoms with Crippen LogP contribution in [0.25, 0.3) is 11.2 Å². The number of aromatic nitrogens is 4. The number of anilines is 1. The summed E-state index contributed by atoms with van der Waals surface area (Å²) in [6.45, 7) is 0. The summed E-state index contributed by atoms with van der Waals surface area (Å²) >= 11 is 4.08. The molecule has 0 saturated carbocycles. The van der Waals surface area contributed by atoms with Gasteiger partial charge in [0.05, 0.1) is 23.5 Å². The molecular formula is C13H18BrN5O11P2S. The van der Waals surface area contributed by atoms with Crippen molar-refractivity contribution in [2.45, 2.75) is 36.3 Å². The van der Waals surface area contributed by atoms with Gasteiger partial charge in [-0.1, -0.05) is 27.7 Å². The standard InChI is InChI=1S/C13H18BrN5O11P2S/c14-2-5(20)3-33-13-17-10(15)8-11(18-13)19(4-16-8)7-1-6(21)9(28-7)12(29-31(22,23)24)30-32(25,26)27/h4,6-7,9,12,21H,1-3H2,(H2,15,17,18)(H2,22,23,24)(H2,25,26,27)/t6-,7+,9-/m0/s1. The fourth-order valence-electron chi connectivity index (χ4n) is 2.88. The minimum Gasteiger partial charge on any atom is -0.390 e. The maximum absolute atomic E-state index is 11.5. The van der Waals surface area contributed by atoms with Crippen LogP contribution in [0.4, 0.5) is 5.82 Å². The maximum atomic E-state index is 11.5. The zero-order valence-electron chi connectivity index (χ0n) is 16.2. The normalized spacial score (nSPS) is 21.8. The molecule has 3 rings (SSSR count). The Kier molecular flexibility index (Phi) is 8.31. The monoisotopic (exact) mass is 593 g/mol. The molecule has 3 atom stereocenters. The maximum Gasteiger partial charge on any atom is 0.472 e. The third-order valence-corrected chi connectivity index (χ3v) is 6.63. The SMILES string of the molecule is Nc1nc(SCC(=O)CBr)nc2c1ncn2[C@H]1C[C@H](O)[C@@H](C(OP(=O)(O)O)OP(=O)(O)O)O1. The lowest BCUT2D eigenvalue weighted by atomic mass is 10.2. The van der Waals surface area contributed by atoms with Crippen LogP contribution in [0.1, 0.15) is 12.6 Å². The van der Waals surface area contributed by atoms with Gasteiger partial charge in [-0.25, -0.2) is 24.1 Å². The van der Waals surface area contributed by atoms with E-state index in [9.17, 15) is 19.0 Å². The molecule has 2 aromatic rings. The Morgan fingerprint density at radius 3 is 2.52 bits per heavy atom. The summed E-state index contributed by atoms with van der Waals surface area (Å²) < 4.78 is 37.9. The molecule has 0 aliphatic carbocycles. The third-order valence-electron chi connectivity index (χ3n) is 4.14. The van der Waals surface area contributed by atoms with Gasteiger partial charge in [0.25, 0.3) is 0 Å². The Hall–Kier alpha value is -1.01. The highest BCUT2D eigenvalue weighted by molar-refractivity contribution is 9.09. The van der Waals surface area contributed by atoms with E-state index in [1.807, 2.05) is 0 Å². The fourth-order valence-corrected chi connectivity index (χ4v) is 4.98. The summed E-state index contributed by atoms with van der Waals surface area (Å²) in [7, 11) is -10.6. The van der Waals surface area contributed by atoms with Crippen LogP contribution in [0.15, 0.2) is 11.5 Å². The molecule has 0 unspecified atom stereocenters. The number of aliphatic hydroxyl groups is 1. The van der Waals surface area contributed by atoms with Crippen molar-refractivity contribution in [1.29, 1.82) is 0 Å². The smallest absolute Gasteiger partial charge is 0.390 e. The molecule has 0 amide bonds. The molecule has 0 aromatic carbocycles. The molecule has 2 aromatic heterocycles. The van der Waals surface area contributed by atoms with Crippen LogP contribution in [0, 0.1) is 0 Å². The number of ether oxygens (including phenoxy) is 1. The summed E-state index contributed by atoms with van der Waals surface area (Å²) in [6, 6.07) is 0. The van der Waals surface area contributed by atoms with Crippen molar-refractivity contribution in [3.8, 4) is 0 Å². The molecule has 20 heteroatoms. The average Bonchev–Trinajstić information content (AvgIpc) is 3.27. The van der Waals surface area contributed by atoms with Gasteiger partial charge in [0.15, 0.2) is 22.4 Å². The molecule has 0 radical (unpaired) electrons. The number of phosphoric ester groups is 2. The predicted molar refractivity (Wildman–Crippen MR) is 114 cm³/mol. The van der Waals surface area contributed by atoms with E-state index >= 15 is 0 Å². The number of carbonyl (C=O) groups is 1. The van der Waals surface area contributed by atoms with E-state index < -0.39 is 40.4 Å². The lowest BCUT2D eigenvalue weighted by molar-refractivity contribution is -0.154. The summed E-state index contributed by atoms with van der Waals surface area (Å²) in [5, 5.41) is 10.7. The number of thioether (sulfide) groups is 1. The van der Waals surface area contributed by atoms with Crippen LogP contribution in [0.2, 0.25) is 0 Å². The van der Waals surface area contributed by atoms with E-state index in [2.05, 4.69) is 39.9 Å². The van der Waals surface area contributed by atoms with Crippen molar-refractivity contribution in [3.05, 3.63) is 6.33 Å². The van der Waals surface area contributed by atoms with Crippen LogP contribution in [-0.2, 0) is 27.7 Å². The van der Waals surface area contributed by atoms with Crippen molar-refractivity contribution < 1.29 is 52.4 Å². The Morgan fingerprint density at radius 2 is 1.94 bits per heavy atom. The van der Waals surface area contributed by atoms with Gasteiger partial charge in [0.1, 0.15) is 17.8 Å². The van der Waals surface area contributed by atoms with Crippen molar-refractivity contribution in [2.75, 3.05) is 16.8 Å². The first-order chi connectivity index (χ1) is 15.3. The van der Waals surface area contributed by atoms with Gasteiger partial charge in [0, 0.05) is 6.42 Å². The van der Waals surface area contributed by atoms with Crippen LogP contribution >= 0.6 is 43.3 Å². The number of halogens is 1. The highest BCUT2D eigenvalue weighted by Gasteiger charge is 2.46. The first kappa shape index (κ1) is 26.6. The molecule has 16 nitrogen and oxygen atoms in total. The summed E-state index contributed by atoms with van der Waals surface area (Å²) in [4.78, 5) is 60.1. The second kappa shape index (κ2) is 10.3. The summed E-state index contributed by atoms with van der Waals surface area (Å²) in [5.74, 6) is -0.0243. The molecule has 7 N–H and O–H groups in total. The number of rotatable bonds is 10. The number of alkyl halides is 1. The number of nitrogens with zero attached hydrogens (tertiary/aromatic N) is 4. The van der Waals surface area contributed by atoms with Crippen molar-refractivity contribution >= 4 is 66.1 Å². The van der Waals surface area contributed by atoms with E-state index in [4.69, 9.17) is 30.0 Å². The van der Waals surface area contributed by atoms with E-state index in [0.29, 0.717) is 0 Å². The van der Waals surface area contributed by atoms with Gasteiger partial charge in [-0.15, -0.1) is 0 Å². The molecule has 1 saturated heterocycles. The Morgan fingerprint density at radius 1 is 1.30 bits per heavy atom. The first-order valence-electron chi connectivity index (χ1n) is 8.79.